The number of amides is 1. The van der Waals surface area contributed by atoms with Gasteiger partial charge in [0.25, 0.3) is 0 Å². The fraction of sp³-hybridized carbons (Fsp3) is 0.562. The number of halogens is 1. The molecule has 1 saturated carbocycles. The van der Waals surface area contributed by atoms with Gasteiger partial charge in [-0.1, -0.05) is 12.1 Å². The van der Waals surface area contributed by atoms with Crippen molar-refractivity contribution in [3.63, 3.8) is 0 Å². The van der Waals surface area contributed by atoms with E-state index < -0.39 is 0 Å². The first-order valence-corrected chi connectivity index (χ1v) is 7.55. The molecule has 1 amide bonds. The van der Waals surface area contributed by atoms with Gasteiger partial charge in [-0.25, -0.2) is 4.39 Å². The normalized spacial score (nSPS) is 29.6. The van der Waals surface area contributed by atoms with Crippen LogP contribution in [-0.4, -0.2) is 36.5 Å². The van der Waals surface area contributed by atoms with Gasteiger partial charge in [0.1, 0.15) is 11.9 Å². The maximum Gasteiger partial charge on any atom is 0.225 e. The SMILES string of the molecule is NC1CCC(C(=O)N2CCOC(c3cccc(F)c3)C2)C1. The number of rotatable bonds is 2. The monoisotopic (exact) mass is 292 g/mol. The molecule has 3 unspecified atom stereocenters. The summed E-state index contributed by atoms with van der Waals surface area (Å²) in [5, 5.41) is 0. The molecule has 5 heteroatoms. The van der Waals surface area contributed by atoms with Gasteiger partial charge < -0.3 is 15.4 Å². The first kappa shape index (κ1) is 14.5. The lowest BCUT2D eigenvalue weighted by molar-refractivity contribution is -0.143. The van der Waals surface area contributed by atoms with E-state index in [0.717, 1.165) is 24.8 Å². The van der Waals surface area contributed by atoms with Gasteiger partial charge in [-0.2, -0.15) is 0 Å². The molecule has 0 bridgehead atoms. The molecule has 2 aliphatic rings. The van der Waals surface area contributed by atoms with E-state index in [1.54, 1.807) is 6.07 Å². The Morgan fingerprint density at radius 3 is 2.95 bits per heavy atom. The summed E-state index contributed by atoms with van der Waals surface area (Å²) < 4.78 is 19.0. The number of morpholine rings is 1. The van der Waals surface area contributed by atoms with Crippen LogP contribution in [0.4, 0.5) is 4.39 Å². The summed E-state index contributed by atoms with van der Waals surface area (Å²) in [5.41, 5.74) is 6.68. The molecule has 0 radical (unpaired) electrons. The van der Waals surface area contributed by atoms with E-state index in [1.807, 2.05) is 11.0 Å². The van der Waals surface area contributed by atoms with Gasteiger partial charge in [-0.05, 0) is 37.0 Å². The molecule has 4 nitrogen and oxygen atoms in total. The molecule has 0 spiro atoms. The molecule has 0 aromatic heterocycles. The zero-order valence-corrected chi connectivity index (χ0v) is 12.0. The number of benzene rings is 1. The average Bonchev–Trinajstić information content (AvgIpc) is 2.93. The van der Waals surface area contributed by atoms with Crippen LogP contribution in [0, 0.1) is 11.7 Å². The Morgan fingerprint density at radius 2 is 2.24 bits per heavy atom. The van der Waals surface area contributed by atoms with Crippen LogP contribution >= 0.6 is 0 Å². The molecule has 21 heavy (non-hydrogen) atoms. The van der Waals surface area contributed by atoms with Crippen molar-refractivity contribution in [1.29, 1.82) is 0 Å². The van der Waals surface area contributed by atoms with Crippen LogP contribution in [0.3, 0.4) is 0 Å². The van der Waals surface area contributed by atoms with Crippen molar-refractivity contribution in [1.82, 2.24) is 4.90 Å². The molecule has 2 fully saturated rings. The minimum Gasteiger partial charge on any atom is -0.370 e. The lowest BCUT2D eigenvalue weighted by Crippen LogP contribution is -2.44. The van der Waals surface area contributed by atoms with Crippen LogP contribution in [-0.2, 0) is 9.53 Å². The molecule has 1 heterocycles. The van der Waals surface area contributed by atoms with Crippen LogP contribution < -0.4 is 5.73 Å². The van der Waals surface area contributed by atoms with Gasteiger partial charge in [0.2, 0.25) is 5.91 Å². The van der Waals surface area contributed by atoms with Crippen LogP contribution in [0.5, 0.6) is 0 Å². The minimum absolute atomic E-state index is 0.0475. The standard InChI is InChI=1S/C16H21FN2O2/c17-13-3-1-2-11(8-13)15-10-19(6-7-21-15)16(20)12-4-5-14(18)9-12/h1-3,8,12,14-15H,4-7,9-10,18H2. The predicted molar refractivity (Wildman–Crippen MR) is 77.0 cm³/mol. The third-order valence-electron chi connectivity index (χ3n) is 4.42. The van der Waals surface area contributed by atoms with Crippen molar-refractivity contribution in [2.45, 2.75) is 31.4 Å². The number of hydrogen-bond donors (Lipinski definition) is 1. The second-order valence-corrected chi connectivity index (χ2v) is 5.97. The second kappa shape index (κ2) is 6.12. The summed E-state index contributed by atoms with van der Waals surface area (Å²) in [6.45, 7) is 1.59. The quantitative estimate of drug-likeness (QED) is 0.905. The van der Waals surface area contributed by atoms with E-state index >= 15 is 0 Å². The Balaban J connectivity index is 1.67. The summed E-state index contributed by atoms with van der Waals surface area (Å²) >= 11 is 0. The summed E-state index contributed by atoms with van der Waals surface area (Å²) in [6.07, 6.45) is 2.34. The number of hydrogen-bond acceptors (Lipinski definition) is 3. The molecule has 2 N–H and O–H groups in total. The van der Waals surface area contributed by atoms with Crippen LogP contribution in [0.15, 0.2) is 24.3 Å². The van der Waals surface area contributed by atoms with Gasteiger partial charge in [0.05, 0.1) is 13.2 Å². The van der Waals surface area contributed by atoms with Crippen molar-refractivity contribution in [3.05, 3.63) is 35.6 Å². The average molecular weight is 292 g/mol. The maximum atomic E-state index is 13.3. The summed E-state index contributed by atoms with van der Waals surface area (Å²) in [4.78, 5) is 14.4. The molecule has 1 aromatic carbocycles. The zero-order valence-electron chi connectivity index (χ0n) is 12.0. The zero-order chi connectivity index (χ0) is 14.8. The number of nitrogens with two attached hydrogens (primary N) is 1. The first-order chi connectivity index (χ1) is 10.1. The lowest BCUT2D eigenvalue weighted by atomic mass is 10.0. The van der Waals surface area contributed by atoms with E-state index in [4.69, 9.17) is 10.5 Å². The Labute approximate surface area is 124 Å². The van der Waals surface area contributed by atoms with Crippen molar-refractivity contribution >= 4 is 5.91 Å². The Bertz CT molecular complexity index is 523. The third-order valence-corrected chi connectivity index (χ3v) is 4.42. The fourth-order valence-corrected chi connectivity index (χ4v) is 3.26. The Hall–Kier alpha value is -1.46. The predicted octanol–water partition coefficient (Wildman–Crippen LogP) is 1.85. The molecule has 1 aliphatic heterocycles. The lowest BCUT2D eigenvalue weighted by Gasteiger charge is -2.34. The van der Waals surface area contributed by atoms with E-state index in [9.17, 15) is 9.18 Å². The molecule has 1 aliphatic carbocycles. The molecule has 1 aromatic rings. The highest BCUT2D eigenvalue weighted by atomic mass is 19.1. The minimum atomic E-state index is -0.277. The molecule has 3 atom stereocenters. The van der Waals surface area contributed by atoms with E-state index in [2.05, 4.69) is 0 Å². The van der Waals surface area contributed by atoms with Gasteiger partial charge in [0, 0.05) is 18.5 Å². The maximum absolute atomic E-state index is 13.3. The number of carbonyl (C=O) groups is 1. The Morgan fingerprint density at radius 1 is 1.38 bits per heavy atom. The number of ether oxygens (including phenoxy) is 1. The van der Waals surface area contributed by atoms with Crippen LogP contribution in [0.1, 0.15) is 30.9 Å². The summed E-state index contributed by atoms with van der Waals surface area (Å²) in [7, 11) is 0. The molecular formula is C16H21FN2O2. The van der Waals surface area contributed by atoms with E-state index in [1.165, 1.54) is 12.1 Å². The molecular weight excluding hydrogens is 271 g/mol. The fourth-order valence-electron chi connectivity index (χ4n) is 3.26. The molecule has 3 rings (SSSR count). The van der Waals surface area contributed by atoms with Gasteiger partial charge in [0.15, 0.2) is 0 Å². The summed E-state index contributed by atoms with van der Waals surface area (Å²) in [5.74, 6) is -0.0553. The number of nitrogens with zero attached hydrogens (tertiary/aromatic N) is 1. The number of carbonyl (C=O) groups excluding carboxylic acids is 1. The van der Waals surface area contributed by atoms with Crippen molar-refractivity contribution in [3.8, 4) is 0 Å². The largest absolute Gasteiger partial charge is 0.370 e. The topological polar surface area (TPSA) is 55.6 Å². The first-order valence-electron chi connectivity index (χ1n) is 7.55. The van der Waals surface area contributed by atoms with Crippen LogP contribution in [0.2, 0.25) is 0 Å². The van der Waals surface area contributed by atoms with Gasteiger partial charge in [-0.15, -0.1) is 0 Å². The van der Waals surface area contributed by atoms with Crippen molar-refractivity contribution in [2.75, 3.05) is 19.7 Å². The molecule has 1 saturated heterocycles. The van der Waals surface area contributed by atoms with Gasteiger partial charge in [-0.3, -0.25) is 4.79 Å². The summed E-state index contributed by atoms with van der Waals surface area (Å²) in [6, 6.07) is 6.55. The van der Waals surface area contributed by atoms with Crippen LogP contribution in [0.25, 0.3) is 0 Å². The third kappa shape index (κ3) is 3.24. The van der Waals surface area contributed by atoms with Crippen molar-refractivity contribution in [2.24, 2.45) is 11.7 Å². The van der Waals surface area contributed by atoms with Crippen molar-refractivity contribution < 1.29 is 13.9 Å². The molecule has 114 valence electrons. The smallest absolute Gasteiger partial charge is 0.225 e. The van der Waals surface area contributed by atoms with E-state index in [0.29, 0.717) is 19.7 Å². The van der Waals surface area contributed by atoms with E-state index in [-0.39, 0.29) is 29.8 Å². The highest BCUT2D eigenvalue weighted by Crippen LogP contribution is 2.29. The van der Waals surface area contributed by atoms with Gasteiger partial charge >= 0.3 is 0 Å². The highest BCUT2D eigenvalue weighted by Gasteiger charge is 2.33. The highest BCUT2D eigenvalue weighted by molar-refractivity contribution is 5.79. The second-order valence-electron chi connectivity index (χ2n) is 5.97. The Kier molecular flexibility index (Phi) is 4.22.